The van der Waals surface area contributed by atoms with Crippen molar-refractivity contribution >= 4 is 21.8 Å². The molecule has 0 heterocycles. The lowest BCUT2D eigenvalue weighted by Gasteiger charge is -2.17. The number of hydrazine groups is 1. The Morgan fingerprint density at radius 3 is 2.30 bits per heavy atom. The lowest BCUT2D eigenvalue weighted by Crippen LogP contribution is -2.46. The van der Waals surface area contributed by atoms with Gasteiger partial charge in [0.25, 0.3) is 11.8 Å². The SMILES string of the molecule is COc1ccccc1C(=O)NNC(=O)CN(C)S(=O)(=O)c1ccc(C)cc1. The maximum Gasteiger partial charge on any atom is 0.273 e. The van der Waals surface area contributed by atoms with Gasteiger partial charge in [-0.1, -0.05) is 29.8 Å². The highest BCUT2D eigenvalue weighted by atomic mass is 32.2. The van der Waals surface area contributed by atoms with Gasteiger partial charge < -0.3 is 4.74 Å². The van der Waals surface area contributed by atoms with Gasteiger partial charge in [-0.2, -0.15) is 4.31 Å². The second kappa shape index (κ2) is 8.65. The molecule has 2 rings (SSSR count). The van der Waals surface area contributed by atoms with Crippen LogP contribution >= 0.6 is 0 Å². The fourth-order valence-corrected chi connectivity index (χ4v) is 3.37. The summed E-state index contributed by atoms with van der Waals surface area (Å²) in [5.41, 5.74) is 5.59. The molecule has 0 bridgehead atoms. The number of hydrogen-bond acceptors (Lipinski definition) is 5. The Labute approximate surface area is 158 Å². The Hall–Kier alpha value is -2.91. The summed E-state index contributed by atoms with van der Waals surface area (Å²) in [4.78, 5) is 24.2. The Morgan fingerprint density at radius 1 is 1.04 bits per heavy atom. The molecule has 0 aliphatic rings. The topological polar surface area (TPSA) is 105 Å². The number of sulfonamides is 1. The van der Waals surface area contributed by atoms with E-state index in [1.807, 2.05) is 6.92 Å². The molecular formula is C18H21N3O5S. The minimum absolute atomic E-state index is 0.0847. The predicted octanol–water partition coefficient (Wildman–Crippen LogP) is 1.09. The van der Waals surface area contributed by atoms with E-state index < -0.39 is 28.4 Å². The minimum atomic E-state index is -3.81. The normalized spacial score (nSPS) is 11.1. The third kappa shape index (κ3) is 5.05. The third-order valence-corrected chi connectivity index (χ3v) is 5.58. The Morgan fingerprint density at radius 2 is 1.67 bits per heavy atom. The van der Waals surface area contributed by atoms with Crippen molar-refractivity contribution in [1.82, 2.24) is 15.2 Å². The molecule has 27 heavy (non-hydrogen) atoms. The zero-order valence-electron chi connectivity index (χ0n) is 15.2. The minimum Gasteiger partial charge on any atom is -0.496 e. The van der Waals surface area contributed by atoms with Crippen LogP contribution in [0.2, 0.25) is 0 Å². The summed E-state index contributed by atoms with van der Waals surface area (Å²) in [6.07, 6.45) is 0. The van der Waals surface area contributed by atoms with Gasteiger partial charge in [-0.15, -0.1) is 0 Å². The second-order valence-electron chi connectivity index (χ2n) is 5.78. The molecule has 0 spiro atoms. The highest BCUT2D eigenvalue weighted by Crippen LogP contribution is 2.17. The lowest BCUT2D eigenvalue weighted by molar-refractivity contribution is -0.121. The van der Waals surface area contributed by atoms with E-state index in [-0.39, 0.29) is 10.5 Å². The number of methoxy groups -OCH3 is 1. The van der Waals surface area contributed by atoms with Gasteiger partial charge in [0.05, 0.1) is 24.1 Å². The van der Waals surface area contributed by atoms with E-state index in [4.69, 9.17) is 4.74 Å². The summed E-state index contributed by atoms with van der Waals surface area (Å²) in [5.74, 6) is -0.912. The van der Waals surface area contributed by atoms with E-state index in [2.05, 4.69) is 10.9 Å². The van der Waals surface area contributed by atoms with Crippen molar-refractivity contribution in [3.8, 4) is 5.75 Å². The molecule has 8 nitrogen and oxygen atoms in total. The summed E-state index contributed by atoms with van der Waals surface area (Å²) in [6.45, 7) is 1.39. The maximum absolute atomic E-state index is 12.5. The van der Waals surface area contributed by atoms with E-state index in [0.717, 1.165) is 9.87 Å². The number of amides is 2. The van der Waals surface area contributed by atoms with Crippen molar-refractivity contribution in [2.75, 3.05) is 20.7 Å². The number of para-hydroxylation sites is 1. The van der Waals surface area contributed by atoms with Crippen molar-refractivity contribution in [2.45, 2.75) is 11.8 Å². The molecule has 9 heteroatoms. The highest BCUT2D eigenvalue weighted by molar-refractivity contribution is 7.89. The highest BCUT2D eigenvalue weighted by Gasteiger charge is 2.23. The first-order valence-corrected chi connectivity index (χ1v) is 9.45. The molecule has 0 atom stereocenters. The summed E-state index contributed by atoms with van der Waals surface area (Å²) < 4.78 is 30.9. The van der Waals surface area contributed by atoms with E-state index in [9.17, 15) is 18.0 Å². The van der Waals surface area contributed by atoms with Gasteiger partial charge in [0.15, 0.2) is 0 Å². The number of benzene rings is 2. The summed E-state index contributed by atoms with van der Waals surface area (Å²) >= 11 is 0. The second-order valence-corrected chi connectivity index (χ2v) is 7.82. The molecule has 0 aliphatic heterocycles. The molecule has 2 aromatic carbocycles. The number of nitrogens with one attached hydrogen (secondary N) is 2. The van der Waals surface area contributed by atoms with Crippen molar-refractivity contribution in [3.63, 3.8) is 0 Å². The molecule has 0 saturated carbocycles. The quantitative estimate of drug-likeness (QED) is 0.717. The molecule has 0 unspecified atom stereocenters. The Bertz CT molecular complexity index is 926. The molecule has 0 aromatic heterocycles. The number of likely N-dealkylation sites (N-methyl/N-ethyl adjacent to an activating group) is 1. The van der Waals surface area contributed by atoms with E-state index >= 15 is 0 Å². The van der Waals surface area contributed by atoms with Crippen molar-refractivity contribution < 1.29 is 22.7 Å². The first-order chi connectivity index (χ1) is 12.8. The van der Waals surface area contributed by atoms with Gasteiger partial charge in [-0.25, -0.2) is 8.42 Å². The first kappa shape index (κ1) is 20.4. The number of nitrogens with zero attached hydrogens (tertiary/aromatic N) is 1. The molecule has 0 radical (unpaired) electrons. The van der Waals surface area contributed by atoms with Gasteiger partial charge >= 0.3 is 0 Å². The van der Waals surface area contributed by atoms with Crippen LogP contribution in [0.4, 0.5) is 0 Å². The van der Waals surface area contributed by atoms with Crippen LogP contribution in [-0.2, 0) is 14.8 Å². The molecule has 144 valence electrons. The first-order valence-electron chi connectivity index (χ1n) is 8.01. The molecular weight excluding hydrogens is 370 g/mol. The Kier molecular flexibility index (Phi) is 6.54. The van der Waals surface area contributed by atoms with Crippen LogP contribution in [-0.4, -0.2) is 45.2 Å². The lowest BCUT2D eigenvalue weighted by atomic mass is 10.2. The monoisotopic (exact) mass is 391 g/mol. The van der Waals surface area contributed by atoms with E-state index in [0.29, 0.717) is 5.75 Å². The Balaban J connectivity index is 1.96. The smallest absolute Gasteiger partial charge is 0.273 e. The molecule has 0 aliphatic carbocycles. The van der Waals surface area contributed by atoms with Gasteiger partial charge in [0.1, 0.15) is 5.75 Å². The number of aryl methyl sites for hydroxylation is 1. The zero-order valence-corrected chi connectivity index (χ0v) is 16.0. The van der Waals surface area contributed by atoms with Crippen LogP contribution in [0.3, 0.4) is 0 Å². The van der Waals surface area contributed by atoms with Crippen LogP contribution in [0.1, 0.15) is 15.9 Å². The molecule has 2 aromatic rings. The largest absolute Gasteiger partial charge is 0.496 e. The fourth-order valence-electron chi connectivity index (χ4n) is 2.24. The standard InChI is InChI=1S/C18H21N3O5S/c1-13-8-10-14(11-9-13)27(24,25)21(2)12-17(22)19-20-18(23)15-6-4-5-7-16(15)26-3/h4-11H,12H2,1-3H3,(H,19,22)(H,20,23). The van der Waals surface area contributed by atoms with Crippen molar-refractivity contribution in [2.24, 2.45) is 0 Å². The number of carbonyl (C=O) groups excluding carboxylic acids is 2. The molecule has 0 saturated heterocycles. The zero-order chi connectivity index (χ0) is 20.0. The van der Waals surface area contributed by atoms with Crippen LogP contribution in [0, 0.1) is 6.92 Å². The van der Waals surface area contributed by atoms with Gasteiger partial charge in [-0.3, -0.25) is 20.4 Å². The number of carbonyl (C=O) groups is 2. The molecule has 2 N–H and O–H groups in total. The van der Waals surface area contributed by atoms with Gasteiger partial charge in [-0.05, 0) is 31.2 Å². The van der Waals surface area contributed by atoms with Crippen LogP contribution in [0.25, 0.3) is 0 Å². The van der Waals surface area contributed by atoms with Crippen LogP contribution < -0.4 is 15.6 Å². The van der Waals surface area contributed by atoms with Crippen molar-refractivity contribution in [3.05, 3.63) is 59.7 Å². The van der Waals surface area contributed by atoms with E-state index in [1.165, 1.54) is 32.4 Å². The third-order valence-electron chi connectivity index (χ3n) is 3.76. The van der Waals surface area contributed by atoms with Gasteiger partial charge in [0, 0.05) is 7.05 Å². The molecule has 0 fully saturated rings. The van der Waals surface area contributed by atoms with Crippen LogP contribution in [0.15, 0.2) is 53.4 Å². The van der Waals surface area contributed by atoms with Crippen LogP contribution in [0.5, 0.6) is 5.75 Å². The summed E-state index contributed by atoms with van der Waals surface area (Å²) in [6, 6.07) is 12.8. The molecule has 2 amide bonds. The number of hydrogen-bond donors (Lipinski definition) is 2. The maximum atomic E-state index is 12.5. The number of rotatable bonds is 6. The fraction of sp³-hybridized carbons (Fsp3) is 0.222. The summed E-state index contributed by atoms with van der Waals surface area (Å²) in [5, 5.41) is 0. The van der Waals surface area contributed by atoms with E-state index in [1.54, 1.807) is 30.3 Å². The van der Waals surface area contributed by atoms with Gasteiger partial charge in [0.2, 0.25) is 10.0 Å². The van der Waals surface area contributed by atoms with Crippen molar-refractivity contribution in [1.29, 1.82) is 0 Å². The predicted molar refractivity (Wildman–Crippen MR) is 99.6 cm³/mol. The summed E-state index contributed by atoms with van der Waals surface area (Å²) in [7, 11) is -1.10. The average Bonchev–Trinajstić information content (AvgIpc) is 2.66. The average molecular weight is 391 g/mol. The number of ether oxygens (including phenoxy) is 1.